The van der Waals surface area contributed by atoms with Crippen LogP contribution in [0.4, 0.5) is 0 Å². The Kier molecular flexibility index (Phi) is 4.84. The Morgan fingerprint density at radius 2 is 2.19 bits per heavy atom. The second-order valence-corrected chi connectivity index (χ2v) is 3.90. The molecule has 0 amide bonds. The molecule has 88 valence electrons. The summed E-state index contributed by atoms with van der Waals surface area (Å²) in [6.07, 6.45) is 0. The number of carbonyl (C=O) groups is 1. The van der Waals surface area contributed by atoms with E-state index in [0.717, 1.165) is 0 Å². The number of rotatable bonds is 5. The number of thioether (sulfide) groups is 1. The van der Waals surface area contributed by atoms with Gasteiger partial charge in [0.25, 0.3) is 5.56 Å². The lowest BCUT2D eigenvalue weighted by atomic mass is 10.4. The number of aromatic nitrogens is 2. The van der Waals surface area contributed by atoms with Gasteiger partial charge in [-0.05, 0) is 6.92 Å². The van der Waals surface area contributed by atoms with Crippen molar-refractivity contribution in [2.45, 2.75) is 12.7 Å². The summed E-state index contributed by atoms with van der Waals surface area (Å²) in [6.45, 7) is 2.08. The number of hydrogen-bond acceptors (Lipinski definition) is 5. The molecule has 1 aromatic rings. The van der Waals surface area contributed by atoms with E-state index in [2.05, 4.69) is 9.97 Å². The zero-order valence-corrected chi connectivity index (χ0v) is 9.56. The van der Waals surface area contributed by atoms with Gasteiger partial charge in [0.2, 0.25) is 0 Å². The molecule has 1 aromatic heterocycles. The zero-order chi connectivity index (χ0) is 12.0. The van der Waals surface area contributed by atoms with Crippen LogP contribution in [0, 0.1) is 0 Å². The molecule has 0 aliphatic carbocycles. The molecule has 0 radical (unpaired) electrons. The number of carbonyl (C=O) groups excluding carboxylic acids is 1. The van der Waals surface area contributed by atoms with Crippen molar-refractivity contribution in [3.8, 4) is 0 Å². The standard InChI is InChI=1S/C9H12N2O4S/c1-2-15-8(13)5-16-4-6-3-7(12)11-9(14)10-6/h3H,2,4-5H2,1H3,(H2,10,11,12,14). The summed E-state index contributed by atoms with van der Waals surface area (Å²) >= 11 is 1.27. The molecule has 0 aliphatic rings. The lowest BCUT2D eigenvalue weighted by Crippen LogP contribution is -2.22. The van der Waals surface area contributed by atoms with Crippen LogP contribution in [0.15, 0.2) is 15.7 Å². The minimum Gasteiger partial charge on any atom is -0.465 e. The number of esters is 1. The van der Waals surface area contributed by atoms with Crippen molar-refractivity contribution in [1.82, 2.24) is 9.97 Å². The maximum absolute atomic E-state index is 11.0. The van der Waals surface area contributed by atoms with Crippen molar-refractivity contribution >= 4 is 17.7 Å². The number of aromatic amines is 2. The molecule has 0 unspecified atom stereocenters. The van der Waals surface area contributed by atoms with Crippen molar-refractivity contribution in [1.29, 1.82) is 0 Å². The van der Waals surface area contributed by atoms with Crippen LogP contribution in [0.1, 0.15) is 12.6 Å². The Hall–Kier alpha value is -1.50. The van der Waals surface area contributed by atoms with E-state index < -0.39 is 11.2 Å². The fraction of sp³-hybridized carbons (Fsp3) is 0.444. The third-order valence-corrected chi connectivity index (χ3v) is 2.55. The Morgan fingerprint density at radius 3 is 2.81 bits per heavy atom. The highest BCUT2D eigenvalue weighted by atomic mass is 32.2. The Morgan fingerprint density at radius 1 is 1.44 bits per heavy atom. The van der Waals surface area contributed by atoms with Gasteiger partial charge in [0.15, 0.2) is 0 Å². The van der Waals surface area contributed by atoms with Gasteiger partial charge in [0.05, 0.1) is 12.4 Å². The van der Waals surface area contributed by atoms with Crippen molar-refractivity contribution in [3.63, 3.8) is 0 Å². The molecule has 0 bridgehead atoms. The summed E-state index contributed by atoms with van der Waals surface area (Å²) in [5.41, 5.74) is -0.502. The first-order valence-electron chi connectivity index (χ1n) is 4.67. The van der Waals surface area contributed by atoms with E-state index in [-0.39, 0.29) is 11.7 Å². The molecule has 1 rings (SSSR count). The van der Waals surface area contributed by atoms with Crippen molar-refractivity contribution in [3.05, 3.63) is 32.6 Å². The van der Waals surface area contributed by atoms with Gasteiger partial charge in [0, 0.05) is 17.5 Å². The van der Waals surface area contributed by atoms with Crippen molar-refractivity contribution in [2.75, 3.05) is 12.4 Å². The first-order valence-corrected chi connectivity index (χ1v) is 5.83. The van der Waals surface area contributed by atoms with E-state index >= 15 is 0 Å². The van der Waals surface area contributed by atoms with Crippen LogP contribution in [0.3, 0.4) is 0 Å². The van der Waals surface area contributed by atoms with Crippen molar-refractivity contribution < 1.29 is 9.53 Å². The molecule has 7 heteroatoms. The lowest BCUT2D eigenvalue weighted by Gasteiger charge is -2.01. The van der Waals surface area contributed by atoms with E-state index in [1.165, 1.54) is 17.8 Å². The van der Waals surface area contributed by atoms with Gasteiger partial charge in [-0.15, -0.1) is 11.8 Å². The first kappa shape index (κ1) is 12.6. The van der Waals surface area contributed by atoms with Crippen LogP contribution in [0.2, 0.25) is 0 Å². The molecule has 0 saturated heterocycles. The fourth-order valence-electron chi connectivity index (χ4n) is 1.04. The molecular weight excluding hydrogens is 232 g/mol. The molecular formula is C9H12N2O4S. The van der Waals surface area contributed by atoms with Crippen LogP contribution in [0.5, 0.6) is 0 Å². The van der Waals surface area contributed by atoms with E-state index in [4.69, 9.17) is 4.74 Å². The number of H-pyrrole nitrogens is 2. The van der Waals surface area contributed by atoms with Gasteiger partial charge in [0.1, 0.15) is 0 Å². The molecule has 16 heavy (non-hydrogen) atoms. The van der Waals surface area contributed by atoms with Gasteiger partial charge in [-0.3, -0.25) is 14.6 Å². The fourth-order valence-corrected chi connectivity index (χ4v) is 1.77. The summed E-state index contributed by atoms with van der Waals surface area (Å²) in [5.74, 6) is 0.278. The highest BCUT2D eigenvalue weighted by molar-refractivity contribution is 7.99. The molecule has 6 nitrogen and oxygen atoms in total. The Bertz CT molecular complexity index is 437. The van der Waals surface area contributed by atoms with Crippen LogP contribution in [-0.2, 0) is 15.3 Å². The molecule has 1 heterocycles. The minimum atomic E-state index is -0.542. The predicted molar refractivity (Wildman–Crippen MR) is 60.5 cm³/mol. The zero-order valence-electron chi connectivity index (χ0n) is 8.74. The number of ether oxygens (including phenoxy) is 1. The normalized spacial score (nSPS) is 10.1. The van der Waals surface area contributed by atoms with E-state index in [0.29, 0.717) is 18.1 Å². The lowest BCUT2D eigenvalue weighted by molar-refractivity contribution is -0.139. The summed E-state index contributed by atoms with van der Waals surface area (Å²) in [5, 5.41) is 0. The maximum Gasteiger partial charge on any atom is 0.325 e. The van der Waals surface area contributed by atoms with Gasteiger partial charge in [-0.1, -0.05) is 0 Å². The predicted octanol–water partition coefficient (Wildman–Crippen LogP) is -0.140. The van der Waals surface area contributed by atoms with E-state index in [1.54, 1.807) is 6.92 Å². The maximum atomic E-state index is 11.0. The molecule has 0 saturated carbocycles. The van der Waals surface area contributed by atoms with Crippen LogP contribution < -0.4 is 11.2 Å². The van der Waals surface area contributed by atoms with Gasteiger partial charge in [-0.25, -0.2) is 4.79 Å². The smallest absolute Gasteiger partial charge is 0.325 e. The third kappa shape index (κ3) is 4.35. The summed E-state index contributed by atoms with van der Waals surface area (Å²) in [7, 11) is 0. The highest BCUT2D eigenvalue weighted by Gasteiger charge is 2.03. The molecule has 0 aliphatic heterocycles. The Labute approximate surface area is 95.4 Å². The molecule has 0 fully saturated rings. The molecule has 0 atom stereocenters. The summed E-state index contributed by atoms with van der Waals surface area (Å²) in [6, 6.07) is 1.29. The topological polar surface area (TPSA) is 92.0 Å². The summed E-state index contributed by atoms with van der Waals surface area (Å²) in [4.78, 5) is 37.3. The minimum absolute atomic E-state index is 0.197. The third-order valence-electron chi connectivity index (χ3n) is 1.60. The second-order valence-electron chi connectivity index (χ2n) is 2.91. The highest BCUT2D eigenvalue weighted by Crippen LogP contribution is 2.07. The van der Waals surface area contributed by atoms with Gasteiger partial charge in [-0.2, -0.15) is 0 Å². The Balaban J connectivity index is 2.46. The summed E-state index contributed by atoms with van der Waals surface area (Å²) < 4.78 is 4.73. The largest absolute Gasteiger partial charge is 0.465 e. The first-order chi connectivity index (χ1) is 7.61. The van der Waals surface area contributed by atoms with Gasteiger partial charge >= 0.3 is 11.7 Å². The molecule has 0 spiro atoms. The van der Waals surface area contributed by atoms with Gasteiger partial charge < -0.3 is 9.72 Å². The van der Waals surface area contributed by atoms with Crippen LogP contribution in [-0.4, -0.2) is 28.3 Å². The number of hydrogen-bond donors (Lipinski definition) is 2. The number of nitrogens with one attached hydrogen (secondary N) is 2. The van der Waals surface area contributed by atoms with E-state index in [1.807, 2.05) is 0 Å². The van der Waals surface area contributed by atoms with E-state index in [9.17, 15) is 14.4 Å². The van der Waals surface area contributed by atoms with Crippen LogP contribution >= 0.6 is 11.8 Å². The SMILES string of the molecule is CCOC(=O)CSCc1cc(=O)[nH]c(=O)[nH]1. The quantitative estimate of drug-likeness (QED) is 0.703. The average Bonchev–Trinajstić information content (AvgIpc) is 2.16. The molecule has 0 aromatic carbocycles. The van der Waals surface area contributed by atoms with Crippen molar-refractivity contribution in [2.24, 2.45) is 0 Å². The molecule has 2 N–H and O–H groups in total. The average molecular weight is 244 g/mol. The monoisotopic (exact) mass is 244 g/mol. The second kappa shape index (κ2) is 6.16. The van der Waals surface area contributed by atoms with Crippen LogP contribution in [0.25, 0.3) is 0 Å².